The van der Waals surface area contributed by atoms with Gasteiger partial charge in [-0.2, -0.15) is 0 Å². The molecular weight excluding hydrogens is 312 g/mol. The molecule has 1 amide bonds. The molecule has 2 rings (SSSR count). The number of carbonyl (C=O) groups excluding carboxylic acids is 1. The van der Waals surface area contributed by atoms with Crippen LogP contribution in [0.5, 0.6) is 0 Å². The Bertz CT molecular complexity index is 407. The number of nitrogens with one attached hydrogen (secondary N) is 1. The molecule has 18 heavy (non-hydrogen) atoms. The lowest BCUT2D eigenvalue weighted by Gasteiger charge is -2.33. The van der Waals surface area contributed by atoms with Gasteiger partial charge in [0, 0.05) is 19.1 Å². The molecule has 0 bridgehead atoms. The topological polar surface area (TPSA) is 32.3 Å². The molecule has 1 aliphatic heterocycles. The highest BCUT2D eigenvalue weighted by Gasteiger charge is 2.26. The summed E-state index contributed by atoms with van der Waals surface area (Å²) in [6, 6.07) is 2.33. The normalized spacial score (nSPS) is 19.8. The third-order valence-electron chi connectivity index (χ3n) is 3.38. The van der Waals surface area contributed by atoms with Crippen LogP contribution in [0, 0.1) is 6.92 Å². The minimum Gasteiger partial charge on any atom is -0.334 e. The molecule has 0 radical (unpaired) electrons. The maximum absolute atomic E-state index is 12.5. The van der Waals surface area contributed by atoms with E-state index in [1.807, 2.05) is 17.9 Å². The van der Waals surface area contributed by atoms with E-state index in [2.05, 4.69) is 28.2 Å². The lowest BCUT2D eigenvalue weighted by molar-refractivity contribution is 0.0667. The molecule has 1 saturated heterocycles. The fraction of sp³-hybridized carbons (Fsp3) is 0.615. The molecule has 2 heterocycles. The van der Waals surface area contributed by atoms with Gasteiger partial charge in [-0.3, -0.25) is 4.79 Å². The van der Waals surface area contributed by atoms with E-state index < -0.39 is 0 Å². The van der Waals surface area contributed by atoms with Crippen molar-refractivity contribution in [3.05, 3.63) is 20.3 Å². The highest BCUT2D eigenvalue weighted by Crippen LogP contribution is 2.29. The van der Waals surface area contributed by atoms with Crippen LogP contribution in [0.3, 0.4) is 0 Å². The molecule has 0 aromatic carbocycles. The Hall–Kier alpha value is -0.390. The van der Waals surface area contributed by atoms with Crippen molar-refractivity contribution in [2.75, 3.05) is 19.6 Å². The van der Waals surface area contributed by atoms with Crippen LogP contribution in [0.15, 0.2) is 9.85 Å². The molecule has 0 spiro atoms. The zero-order chi connectivity index (χ0) is 13.1. The number of piperidine rings is 1. The first kappa shape index (κ1) is 14.0. The number of aryl methyl sites for hydroxylation is 1. The lowest BCUT2D eigenvalue weighted by atomic mass is 10.1. The molecule has 1 N–H and O–H groups in total. The van der Waals surface area contributed by atoms with E-state index in [1.165, 1.54) is 11.3 Å². The fourth-order valence-corrected chi connectivity index (χ4v) is 3.86. The van der Waals surface area contributed by atoms with Gasteiger partial charge in [0.2, 0.25) is 0 Å². The standard InChI is InChI=1S/C13H19BrN2OS/c1-3-16(10-5-4-6-15-8-10)13(17)11-7-9(2)12(14)18-11/h7,10,15H,3-6,8H2,1-2H3. The molecule has 3 nitrogen and oxygen atoms in total. The second kappa shape index (κ2) is 6.17. The van der Waals surface area contributed by atoms with Crippen LogP contribution in [-0.4, -0.2) is 36.5 Å². The van der Waals surface area contributed by atoms with E-state index >= 15 is 0 Å². The maximum atomic E-state index is 12.5. The predicted octanol–water partition coefficient (Wildman–Crippen LogP) is 3.03. The maximum Gasteiger partial charge on any atom is 0.264 e. The predicted molar refractivity (Wildman–Crippen MR) is 79.4 cm³/mol. The summed E-state index contributed by atoms with van der Waals surface area (Å²) < 4.78 is 1.06. The highest BCUT2D eigenvalue weighted by molar-refractivity contribution is 9.11. The Balaban J connectivity index is 2.13. The van der Waals surface area contributed by atoms with Gasteiger partial charge in [-0.15, -0.1) is 11.3 Å². The zero-order valence-corrected chi connectivity index (χ0v) is 13.2. The third-order valence-corrected chi connectivity index (χ3v) is 5.51. The van der Waals surface area contributed by atoms with Gasteiger partial charge < -0.3 is 10.2 Å². The Morgan fingerprint density at radius 2 is 2.44 bits per heavy atom. The zero-order valence-electron chi connectivity index (χ0n) is 10.8. The number of thiophene rings is 1. The Kier molecular flexibility index (Phi) is 4.81. The summed E-state index contributed by atoms with van der Waals surface area (Å²) in [4.78, 5) is 15.4. The number of amides is 1. The first-order valence-corrected chi connectivity index (χ1v) is 8.02. The van der Waals surface area contributed by atoms with Crippen LogP contribution in [0.2, 0.25) is 0 Å². The van der Waals surface area contributed by atoms with Crippen LogP contribution in [0.4, 0.5) is 0 Å². The number of hydrogen-bond donors (Lipinski definition) is 1. The van der Waals surface area contributed by atoms with Crippen LogP contribution >= 0.6 is 27.3 Å². The van der Waals surface area contributed by atoms with Gasteiger partial charge in [-0.05, 0) is 60.8 Å². The number of rotatable bonds is 3. The molecule has 5 heteroatoms. The second-order valence-corrected chi connectivity index (χ2v) is 7.03. The van der Waals surface area contributed by atoms with Crippen molar-refractivity contribution in [1.82, 2.24) is 10.2 Å². The first-order valence-electron chi connectivity index (χ1n) is 6.41. The van der Waals surface area contributed by atoms with E-state index in [-0.39, 0.29) is 5.91 Å². The van der Waals surface area contributed by atoms with Crippen LogP contribution in [0.1, 0.15) is 35.0 Å². The average Bonchev–Trinajstić information content (AvgIpc) is 2.72. The minimum atomic E-state index is 0.171. The van der Waals surface area contributed by atoms with Crippen molar-refractivity contribution < 1.29 is 4.79 Å². The third kappa shape index (κ3) is 2.95. The Morgan fingerprint density at radius 3 is 2.94 bits per heavy atom. The van der Waals surface area contributed by atoms with Crippen molar-refractivity contribution in [2.24, 2.45) is 0 Å². The molecule has 1 fully saturated rings. The molecule has 1 aromatic rings. The van der Waals surface area contributed by atoms with Gasteiger partial charge in [-0.25, -0.2) is 0 Å². The van der Waals surface area contributed by atoms with E-state index in [9.17, 15) is 4.79 Å². The molecule has 0 aliphatic carbocycles. The fourth-order valence-electron chi connectivity index (χ4n) is 2.37. The molecule has 100 valence electrons. The molecule has 1 aromatic heterocycles. The second-order valence-electron chi connectivity index (χ2n) is 4.66. The van der Waals surface area contributed by atoms with Gasteiger partial charge in [-0.1, -0.05) is 0 Å². The number of carbonyl (C=O) groups is 1. The molecule has 1 unspecified atom stereocenters. The van der Waals surface area contributed by atoms with Crippen molar-refractivity contribution in [3.8, 4) is 0 Å². The van der Waals surface area contributed by atoms with Gasteiger partial charge in [0.15, 0.2) is 0 Å². The SMILES string of the molecule is CCN(C(=O)c1cc(C)c(Br)s1)C1CCCNC1. The summed E-state index contributed by atoms with van der Waals surface area (Å²) in [5, 5.41) is 3.37. The average molecular weight is 331 g/mol. The van der Waals surface area contributed by atoms with E-state index in [1.54, 1.807) is 0 Å². The first-order chi connectivity index (χ1) is 8.63. The van der Waals surface area contributed by atoms with E-state index in [0.29, 0.717) is 6.04 Å². The van der Waals surface area contributed by atoms with E-state index in [4.69, 9.17) is 0 Å². The van der Waals surface area contributed by atoms with Crippen LogP contribution in [0.25, 0.3) is 0 Å². The van der Waals surface area contributed by atoms with Gasteiger partial charge >= 0.3 is 0 Å². The molecular formula is C13H19BrN2OS. The van der Waals surface area contributed by atoms with Crippen molar-refractivity contribution in [3.63, 3.8) is 0 Å². The molecule has 1 aliphatic rings. The number of likely N-dealkylation sites (N-methyl/N-ethyl adjacent to an activating group) is 1. The van der Waals surface area contributed by atoms with Crippen molar-refractivity contribution in [2.45, 2.75) is 32.7 Å². The summed E-state index contributed by atoms with van der Waals surface area (Å²) in [6.07, 6.45) is 2.26. The lowest BCUT2D eigenvalue weighted by Crippen LogP contribution is -2.48. The summed E-state index contributed by atoms with van der Waals surface area (Å²) >= 11 is 5.02. The number of halogens is 1. The minimum absolute atomic E-state index is 0.171. The summed E-state index contributed by atoms with van der Waals surface area (Å²) in [6.45, 7) is 6.86. The Morgan fingerprint density at radius 1 is 1.67 bits per heavy atom. The highest BCUT2D eigenvalue weighted by atomic mass is 79.9. The summed E-state index contributed by atoms with van der Waals surface area (Å²) in [5.74, 6) is 0.171. The van der Waals surface area contributed by atoms with Gasteiger partial charge in [0.05, 0.1) is 8.66 Å². The van der Waals surface area contributed by atoms with Crippen LogP contribution in [-0.2, 0) is 0 Å². The number of hydrogen-bond acceptors (Lipinski definition) is 3. The summed E-state index contributed by atoms with van der Waals surface area (Å²) in [7, 11) is 0. The number of nitrogens with zero attached hydrogens (tertiary/aromatic N) is 1. The van der Waals surface area contributed by atoms with Crippen molar-refractivity contribution in [1.29, 1.82) is 0 Å². The van der Waals surface area contributed by atoms with E-state index in [0.717, 1.165) is 46.7 Å². The van der Waals surface area contributed by atoms with Crippen molar-refractivity contribution >= 4 is 33.2 Å². The van der Waals surface area contributed by atoms with Gasteiger partial charge in [0.25, 0.3) is 5.91 Å². The summed E-state index contributed by atoms with van der Waals surface area (Å²) in [5.41, 5.74) is 1.14. The molecule has 1 atom stereocenters. The quantitative estimate of drug-likeness (QED) is 0.923. The van der Waals surface area contributed by atoms with Gasteiger partial charge in [0.1, 0.15) is 0 Å². The monoisotopic (exact) mass is 330 g/mol. The Labute approximate surface area is 121 Å². The largest absolute Gasteiger partial charge is 0.334 e. The van der Waals surface area contributed by atoms with Crippen LogP contribution < -0.4 is 5.32 Å². The smallest absolute Gasteiger partial charge is 0.264 e. The molecule has 0 saturated carbocycles.